The average molecular weight is 331 g/mol. The lowest BCUT2D eigenvalue weighted by Gasteiger charge is -2.23. The molecule has 1 atom stereocenters. The van der Waals surface area contributed by atoms with Gasteiger partial charge in [-0.1, -0.05) is 24.3 Å². The van der Waals surface area contributed by atoms with E-state index in [4.69, 9.17) is 5.11 Å². The average Bonchev–Trinajstić information content (AvgIpc) is 3.01. The summed E-state index contributed by atoms with van der Waals surface area (Å²) in [6, 6.07) is 6.77. The van der Waals surface area contributed by atoms with E-state index in [1.54, 1.807) is 6.07 Å². The lowest BCUT2D eigenvalue weighted by Crippen LogP contribution is -2.45. The number of carboxylic acid groups (broad SMARTS) is 1. The van der Waals surface area contributed by atoms with Crippen molar-refractivity contribution >= 4 is 23.8 Å². The molecule has 1 aliphatic heterocycles. The van der Waals surface area contributed by atoms with E-state index in [-0.39, 0.29) is 0 Å². The van der Waals surface area contributed by atoms with Crippen molar-refractivity contribution < 1.29 is 24.3 Å². The Labute approximate surface area is 138 Å². The molecule has 1 heterocycles. The second kappa shape index (κ2) is 5.63. The number of hydrogen-bond donors (Lipinski definition) is 2. The lowest BCUT2D eigenvalue weighted by molar-refractivity contribution is -0.144. The number of amides is 4. The van der Waals surface area contributed by atoms with Crippen LogP contribution in [0, 0.1) is 0 Å². The third-order valence-corrected chi connectivity index (χ3v) is 4.51. The number of benzene rings is 1. The van der Waals surface area contributed by atoms with Crippen LogP contribution in [0.4, 0.5) is 4.79 Å². The Balaban J connectivity index is 1.81. The fraction of sp³-hybridized carbons (Fsp3) is 0.375. The van der Waals surface area contributed by atoms with Gasteiger partial charge in [0.05, 0.1) is 0 Å². The van der Waals surface area contributed by atoms with E-state index in [0.29, 0.717) is 12.8 Å². The molecule has 4 amide bonds. The Kier molecular flexibility index (Phi) is 3.75. The summed E-state index contributed by atoms with van der Waals surface area (Å²) in [5.41, 5.74) is 0.652. The number of aryl methyl sites for hydroxylation is 1. The molecule has 0 saturated carbocycles. The summed E-state index contributed by atoms with van der Waals surface area (Å²) in [4.78, 5) is 49.6. The predicted molar refractivity (Wildman–Crippen MR) is 82.0 cm³/mol. The number of carbonyl (C=O) groups excluding carboxylic acids is 3. The highest BCUT2D eigenvalue weighted by molar-refractivity contribution is 6.10. The maximum atomic E-state index is 12.8. The monoisotopic (exact) mass is 331 g/mol. The number of aliphatic carboxylic acids is 1. The summed E-state index contributed by atoms with van der Waals surface area (Å²) < 4.78 is 0. The van der Waals surface area contributed by atoms with Gasteiger partial charge in [-0.25, -0.2) is 4.79 Å². The molecule has 126 valence electrons. The Bertz CT molecular complexity index is 747. The molecule has 1 unspecified atom stereocenters. The van der Waals surface area contributed by atoms with Gasteiger partial charge in [0.25, 0.3) is 5.91 Å². The zero-order valence-electron chi connectivity index (χ0n) is 13.1. The summed E-state index contributed by atoms with van der Waals surface area (Å²) in [7, 11) is 1.32. The van der Waals surface area contributed by atoms with Crippen LogP contribution in [-0.4, -0.2) is 58.9 Å². The third-order valence-electron chi connectivity index (χ3n) is 4.51. The van der Waals surface area contributed by atoms with Crippen molar-refractivity contribution in [2.75, 3.05) is 20.1 Å². The number of imide groups is 1. The molecule has 1 aliphatic carbocycles. The molecule has 1 fully saturated rings. The predicted octanol–water partition coefficient (Wildman–Crippen LogP) is -0.0771. The largest absolute Gasteiger partial charge is 0.480 e. The Morgan fingerprint density at radius 1 is 1.33 bits per heavy atom. The maximum Gasteiger partial charge on any atom is 0.325 e. The quantitative estimate of drug-likeness (QED) is 0.751. The number of carbonyl (C=O) groups is 4. The van der Waals surface area contributed by atoms with E-state index >= 15 is 0 Å². The highest BCUT2D eigenvalue weighted by Crippen LogP contribution is 2.41. The first-order valence-electron chi connectivity index (χ1n) is 7.53. The van der Waals surface area contributed by atoms with Crippen LogP contribution in [0.2, 0.25) is 0 Å². The summed E-state index contributed by atoms with van der Waals surface area (Å²) in [6.45, 7) is -0.963. The van der Waals surface area contributed by atoms with E-state index < -0.39 is 42.4 Å². The molecule has 1 aromatic carbocycles. The third kappa shape index (κ3) is 2.40. The van der Waals surface area contributed by atoms with Crippen LogP contribution in [0.5, 0.6) is 0 Å². The molecule has 3 rings (SSSR count). The van der Waals surface area contributed by atoms with Gasteiger partial charge in [0.2, 0.25) is 5.91 Å². The SMILES string of the molecule is CN(CC(=O)O)C(=O)CN1C(=O)NC2(CCc3ccccc32)C1=O. The second-order valence-electron chi connectivity index (χ2n) is 6.03. The van der Waals surface area contributed by atoms with E-state index in [0.717, 1.165) is 20.9 Å². The van der Waals surface area contributed by atoms with E-state index in [1.807, 2.05) is 18.2 Å². The van der Waals surface area contributed by atoms with Crippen LogP contribution in [0.1, 0.15) is 17.5 Å². The van der Waals surface area contributed by atoms with Gasteiger partial charge in [-0.05, 0) is 24.0 Å². The maximum absolute atomic E-state index is 12.8. The summed E-state index contributed by atoms with van der Waals surface area (Å²) in [5, 5.41) is 11.4. The van der Waals surface area contributed by atoms with Crippen molar-refractivity contribution in [3.63, 3.8) is 0 Å². The Morgan fingerprint density at radius 2 is 2.04 bits per heavy atom. The Morgan fingerprint density at radius 3 is 2.75 bits per heavy atom. The lowest BCUT2D eigenvalue weighted by atomic mass is 9.92. The van der Waals surface area contributed by atoms with Crippen molar-refractivity contribution in [2.45, 2.75) is 18.4 Å². The summed E-state index contributed by atoms with van der Waals surface area (Å²) in [6.07, 6.45) is 1.12. The molecule has 0 radical (unpaired) electrons. The van der Waals surface area contributed by atoms with Crippen LogP contribution in [0.3, 0.4) is 0 Å². The normalized spacial score (nSPS) is 21.8. The van der Waals surface area contributed by atoms with Gasteiger partial charge in [0, 0.05) is 7.05 Å². The number of rotatable bonds is 4. The standard InChI is InChI=1S/C16H17N3O5/c1-18(9-13(21)22)12(20)8-19-14(23)16(17-15(19)24)7-6-10-4-2-3-5-11(10)16/h2-5H,6-9H2,1H3,(H,17,24)(H,21,22). The summed E-state index contributed by atoms with van der Waals surface area (Å²) in [5.74, 6) is -2.23. The minimum atomic E-state index is -1.16. The summed E-state index contributed by atoms with van der Waals surface area (Å²) >= 11 is 0. The minimum absolute atomic E-state index is 0.451. The van der Waals surface area contributed by atoms with E-state index in [1.165, 1.54) is 7.05 Å². The van der Waals surface area contributed by atoms with Crippen LogP contribution in [0.15, 0.2) is 24.3 Å². The van der Waals surface area contributed by atoms with Crippen LogP contribution < -0.4 is 5.32 Å². The van der Waals surface area contributed by atoms with Gasteiger partial charge in [-0.15, -0.1) is 0 Å². The van der Waals surface area contributed by atoms with Crippen LogP contribution in [0.25, 0.3) is 0 Å². The Hall–Kier alpha value is -2.90. The first-order chi connectivity index (χ1) is 11.3. The first-order valence-corrected chi connectivity index (χ1v) is 7.53. The molecule has 8 nitrogen and oxygen atoms in total. The number of fused-ring (bicyclic) bond motifs is 2. The molecule has 1 aromatic rings. The number of hydrogen-bond acceptors (Lipinski definition) is 4. The van der Waals surface area contributed by atoms with Crippen molar-refractivity contribution in [3.8, 4) is 0 Å². The zero-order chi connectivity index (χ0) is 17.5. The molecule has 1 saturated heterocycles. The van der Waals surface area contributed by atoms with Gasteiger partial charge >= 0.3 is 12.0 Å². The minimum Gasteiger partial charge on any atom is -0.480 e. The molecular weight excluding hydrogens is 314 g/mol. The van der Waals surface area contributed by atoms with Gasteiger partial charge < -0.3 is 15.3 Å². The number of carboxylic acids is 1. The highest BCUT2D eigenvalue weighted by Gasteiger charge is 2.55. The molecule has 0 aromatic heterocycles. The molecule has 2 aliphatic rings. The second-order valence-corrected chi connectivity index (χ2v) is 6.03. The van der Waals surface area contributed by atoms with Crippen LogP contribution in [-0.2, 0) is 26.3 Å². The van der Waals surface area contributed by atoms with Crippen molar-refractivity contribution in [1.82, 2.24) is 15.1 Å². The highest BCUT2D eigenvalue weighted by atomic mass is 16.4. The van der Waals surface area contributed by atoms with Gasteiger partial charge in [-0.3, -0.25) is 19.3 Å². The molecule has 2 N–H and O–H groups in total. The van der Waals surface area contributed by atoms with Crippen molar-refractivity contribution in [3.05, 3.63) is 35.4 Å². The first kappa shape index (κ1) is 16.0. The number of urea groups is 1. The van der Waals surface area contributed by atoms with E-state index in [9.17, 15) is 19.2 Å². The fourth-order valence-electron chi connectivity index (χ4n) is 3.28. The van der Waals surface area contributed by atoms with Gasteiger partial charge in [-0.2, -0.15) is 0 Å². The molecule has 24 heavy (non-hydrogen) atoms. The number of likely N-dealkylation sites (N-methyl/N-ethyl adjacent to an activating group) is 1. The smallest absolute Gasteiger partial charge is 0.325 e. The fourth-order valence-corrected chi connectivity index (χ4v) is 3.28. The van der Waals surface area contributed by atoms with Crippen molar-refractivity contribution in [1.29, 1.82) is 0 Å². The zero-order valence-corrected chi connectivity index (χ0v) is 13.1. The number of nitrogens with one attached hydrogen (secondary N) is 1. The van der Waals surface area contributed by atoms with Crippen molar-refractivity contribution in [2.24, 2.45) is 0 Å². The van der Waals surface area contributed by atoms with Gasteiger partial charge in [0.15, 0.2) is 0 Å². The molecule has 1 spiro atoms. The molecule has 8 heteroatoms. The topological polar surface area (TPSA) is 107 Å². The van der Waals surface area contributed by atoms with E-state index in [2.05, 4.69) is 5.32 Å². The number of nitrogens with zero attached hydrogens (tertiary/aromatic N) is 2. The van der Waals surface area contributed by atoms with Gasteiger partial charge in [0.1, 0.15) is 18.6 Å². The molecule has 0 bridgehead atoms. The van der Waals surface area contributed by atoms with Crippen LogP contribution >= 0.6 is 0 Å². The molecular formula is C16H17N3O5.